The van der Waals surface area contributed by atoms with Crippen LogP contribution in [0.25, 0.3) is 0 Å². The van der Waals surface area contributed by atoms with E-state index >= 15 is 0 Å². The predicted molar refractivity (Wildman–Crippen MR) is 57.7 cm³/mol. The molecule has 0 radical (unpaired) electrons. The van der Waals surface area contributed by atoms with E-state index in [1.807, 2.05) is 21.1 Å². The fourth-order valence-electron chi connectivity index (χ4n) is 0.700. The molecule has 0 spiro atoms. The van der Waals surface area contributed by atoms with E-state index in [2.05, 4.69) is 9.05 Å². The maximum atomic E-state index is 11.2. The van der Waals surface area contributed by atoms with Crippen LogP contribution in [-0.2, 0) is 13.6 Å². The number of phosphoric acid groups is 1. The fourth-order valence-corrected chi connectivity index (χ4v) is 1.45. The van der Waals surface area contributed by atoms with Gasteiger partial charge in [0, 0.05) is 0 Å². The van der Waals surface area contributed by atoms with Gasteiger partial charge in [0.05, 0.1) is 34.4 Å². The van der Waals surface area contributed by atoms with Crippen molar-refractivity contribution < 1.29 is 45.6 Å². The van der Waals surface area contributed by atoms with E-state index in [1.165, 1.54) is 0 Å². The van der Waals surface area contributed by atoms with E-state index in [-0.39, 0.29) is 19.0 Å². The Kier molecular flexibility index (Phi) is 9.69. The van der Waals surface area contributed by atoms with Crippen molar-refractivity contribution >= 4 is 7.82 Å². The molecule has 0 rings (SSSR count). The zero-order chi connectivity index (χ0) is 12.8. The van der Waals surface area contributed by atoms with Gasteiger partial charge in [-0.25, -0.2) is 4.57 Å². The summed E-state index contributed by atoms with van der Waals surface area (Å²) in [6.45, 7) is -0.337. The molecular formula is C8H21ClNO6P. The number of likely N-dealkylation sites (N-methyl/N-ethyl adjacent to an activating group) is 1. The van der Waals surface area contributed by atoms with Crippen LogP contribution in [0, 0.1) is 0 Å². The number of rotatable bonds is 8. The van der Waals surface area contributed by atoms with E-state index in [4.69, 9.17) is 15.1 Å². The maximum absolute atomic E-state index is 11.2. The minimum absolute atomic E-state index is 0. The molecule has 7 nitrogen and oxygen atoms in total. The van der Waals surface area contributed by atoms with Gasteiger partial charge in [-0.05, 0) is 0 Å². The average molecular weight is 294 g/mol. The van der Waals surface area contributed by atoms with Crippen LogP contribution in [-0.4, -0.2) is 73.2 Å². The molecule has 0 aliphatic rings. The first-order chi connectivity index (χ1) is 7.16. The lowest BCUT2D eigenvalue weighted by molar-refractivity contribution is -0.870. The van der Waals surface area contributed by atoms with Crippen LogP contribution in [0.3, 0.4) is 0 Å². The van der Waals surface area contributed by atoms with Gasteiger partial charge in [0.1, 0.15) is 19.3 Å². The number of phosphoric ester groups is 1. The van der Waals surface area contributed by atoms with Gasteiger partial charge in [-0.1, -0.05) is 0 Å². The highest BCUT2D eigenvalue weighted by Crippen LogP contribution is 2.42. The molecule has 1 unspecified atom stereocenters. The Morgan fingerprint density at radius 2 is 1.82 bits per heavy atom. The van der Waals surface area contributed by atoms with Gasteiger partial charge in [-0.15, -0.1) is 0 Å². The van der Waals surface area contributed by atoms with Crippen molar-refractivity contribution in [1.29, 1.82) is 0 Å². The van der Waals surface area contributed by atoms with Crippen LogP contribution >= 0.6 is 7.82 Å². The largest absolute Gasteiger partial charge is 1.00 e. The molecule has 0 heterocycles. The van der Waals surface area contributed by atoms with Crippen LogP contribution in [0.4, 0.5) is 0 Å². The summed E-state index contributed by atoms with van der Waals surface area (Å²) in [7, 11) is 1.63. The smallest absolute Gasteiger partial charge is 0.472 e. The molecule has 0 saturated carbocycles. The molecule has 3 N–H and O–H groups in total. The molecule has 0 amide bonds. The van der Waals surface area contributed by atoms with Gasteiger partial charge < -0.3 is 32.0 Å². The van der Waals surface area contributed by atoms with Gasteiger partial charge in [-0.2, -0.15) is 0 Å². The van der Waals surface area contributed by atoms with Crippen LogP contribution < -0.4 is 12.4 Å². The lowest BCUT2D eigenvalue weighted by Gasteiger charge is -2.24. The van der Waals surface area contributed by atoms with E-state index < -0.39 is 27.1 Å². The summed E-state index contributed by atoms with van der Waals surface area (Å²) in [5.41, 5.74) is 0. The first kappa shape index (κ1) is 19.6. The van der Waals surface area contributed by atoms with Crippen LogP contribution in [0.2, 0.25) is 0 Å². The highest BCUT2D eigenvalue weighted by Gasteiger charge is 2.23. The van der Waals surface area contributed by atoms with Crippen molar-refractivity contribution in [2.75, 3.05) is 47.5 Å². The number of nitrogens with zero attached hydrogens (tertiary/aromatic N) is 1. The Morgan fingerprint density at radius 1 is 1.29 bits per heavy atom. The van der Waals surface area contributed by atoms with E-state index in [9.17, 15) is 4.57 Å². The normalized spacial score (nSPS) is 17.1. The Balaban J connectivity index is 0. The Morgan fingerprint density at radius 3 is 2.24 bits per heavy atom. The highest BCUT2D eigenvalue weighted by atomic mass is 35.5. The zero-order valence-corrected chi connectivity index (χ0v) is 11.9. The van der Waals surface area contributed by atoms with Crippen LogP contribution in [0.1, 0.15) is 0 Å². The Bertz CT molecular complexity index is 247. The molecule has 0 fully saturated rings. The summed E-state index contributed by atoms with van der Waals surface area (Å²) >= 11 is 0. The maximum Gasteiger partial charge on any atom is 0.472 e. The van der Waals surface area contributed by atoms with Gasteiger partial charge in [-0.3, -0.25) is 9.05 Å². The molecule has 0 aliphatic carbocycles. The molecular weight excluding hydrogens is 273 g/mol. The predicted octanol–water partition coefficient (Wildman–Crippen LogP) is -3.82. The van der Waals surface area contributed by atoms with Crippen molar-refractivity contribution in [2.45, 2.75) is 6.10 Å². The summed E-state index contributed by atoms with van der Waals surface area (Å²) < 4.78 is 21.0. The van der Waals surface area contributed by atoms with Gasteiger partial charge in [0.25, 0.3) is 0 Å². The molecule has 17 heavy (non-hydrogen) atoms. The topological polar surface area (TPSA) is 96.2 Å². The summed E-state index contributed by atoms with van der Waals surface area (Å²) in [6, 6.07) is 0. The lowest BCUT2D eigenvalue weighted by Crippen LogP contribution is -3.00. The quantitative estimate of drug-likeness (QED) is 0.314. The lowest BCUT2D eigenvalue weighted by atomic mass is 10.4. The van der Waals surface area contributed by atoms with Crippen molar-refractivity contribution in [3.8, 4) is 0 Å². The molecule has 0 saturated heterocycles. The van der Waals surface area contributed by atoms with Gasteiger partial charge in [0.15, 0.2) is 0 Å². The molecule has 0 bridgehead atoms. The zero-order valence-electron chi connectivity index (χ0n) is 10.2. The van der Waals surface area contributed by atoms with Gasteiger partial charge in [0.2, 0.25) is 0 Å². The summed E-state index contributed by atoms with van der Waals surface area (Å²) in [6.07, 6.45) is -1.18. The summed E-state index contributed by atoms with van der Waals surface area (Å²) in [5.74, 6) is 0. The third-order valence-corrected chi connectivity index (χ3v) is 2.64. The van der Waals surface area contributed by atoms with Crippen molar-refractivity contribution in [2.24, 2.45) is 0 Å². The average Bonchev–Trinajstić information content (AvgIpc) is 2.12. The fraction of sp³-hybridized carbons (Fsp3) is 1.00. The number of aliphatic hydroxyl groups excluding tert-OH is 2. The molecule has 0 aromatic carbocycles. The molecule has 106 valence electrons. The first-order valence-corrected chi connectivity index (χ1v) is 6.37. The third kappa shape index (κ3) is 12.5. The van der Waals surface area contributed by atoms with Crippen LogP contribution in [0.15, 0.2) is 0 Å². The minimum Gasteiger partial charge on any atom is -1.00 e. The highest BCUT2D eigenvalue weighted by molar-refractivity contribution is 7.47. The first-order valence-electron chi connectivity index (χ1n) is 4.87. The van der Waals surface area contributed by atoms with Gasteiger partial charge >= 0.3 is 7.82 Å². The number of halogens is 1. The minimum atomic E-state index is -4.13. The molecule has 9 heteroatoms. The van der Waals surface area contributed by atoms with Crippen LogP contribution in [0.5, 0.6) is 0 Å². The number of quaternary nitrogens is 1. The monoisotopic (exact) mass is 293 g/mol. The summed E-state index contributed by atoms with van der Waals surface area (Å²) in [5, 5.41) is 17.4. The SMILES string of the molecule is C[N+](C)(C)CCOP(=O)(O)OC[C@H](O)CO.[Cl-]. The molecule has 2 atom stereocenters. The Hall–Kier alpha value is 0.280. The second kappa shape index (κ2) is 8.39. The van der Waals surface area contributed by atoms with E-state index in [0.717, 1.165) is 0 Å². The molecule has 0 aliphatic heterocycles. The van der Waals surface area contributed by atoms with Crippen molar-refractivity contribution in [1.82, 2.24) is 0 Å². The van der Waals surface area contributed by atoms with Crippen molar-refractivity contribution in [3.63, 3.8) is 0 Å². The van der Waals surface area contributed by atoms with E-state index in [1.54, 1.807) is 0 Å². The number of hydrogen-bond donors (Lipinski definition) is 3. The van der Waals surface area contributed by atoms with Crippen molar-refractivity contribution in [3.05, 3.63) is 0 Å². The second-order valence-electron chi connectivity index (χ2n) is 4.45. The van der Waals surface area contributed by atoms with E-state index in [0.29, 0.717) is 11.0 Å². The standard InChI is InChI=1S/C8H20NO6P.ClH/c1-9(2,3)4-5-14-16(12,13)15-7-8(11)6-10;/h8,10-11H,4-7H2,1-3H3;1H/t8-;/m1./s1. The number of aliphatic hydroxyl groups is 2. The molecule has 0 aromatic rings. The molecule has 0 aromatic heterocycles. The Labute approximate surface area is 108 Å². The number of hydrogen-bond acceptors (Lipinski definition) is 5. The summed E-state index contributed by atoms with van der Waals surface area (Å²) in [4.78, 5) is 9.17. The second-order valence-corrected chi connectivity index (χ2v) is 5.90. The third-order valence-electron chi connectivity index (χ3n) is 1.66.